The summed E-state index contributed by atoms with van der Waals surface area (Å²) in [5.74, 6) is -1.63. The summed E-state index contributed by atoms with van der Waals surface area (Å²) in [5.41, 5.74) is 0. The molecule has 0 saturated carbocycles. The number of hydrogen-bond acceptors (Lipinski definition) is 2. The van der Waals surface area contributed by atoms with E-state index in [2.05, 4.69) is 0 Å². The molecule has 0 heterocycles. The van der Waals surface area contributed by atoms with Gasteiger partial charge in [0.15, 0.2) is 0 Å². The van der Waals surface area contributed by atoms with E-state index in [1.807, 2.05) is 0 Å². The highest BCUT2D eigenvalue weighted by molar-refractivity contribution is 5.83. The van der Waals surface area contributed by atoms with Gasteiger partial charge in [0.1, 0.15) is 0 Å². The molecule has 2 nitrogen and oxygen atoms in total. The monoisotopic (exact) mass is 183 g/mol. The summed E-state index contributed by atoms with van der Waals surface area (Å²) < 4.78 is 34.8. The molecular formula is C7H12F3NO. The molecule has 0 N–H and O–H groups in total. The van der Waals surface area contributed by atoms with E-state index in [0.29, 0.717) is 6.54 Å². The van der Waals surface area contributed by atoms with Gasteiger partial charge in [-0.15, -0.1) is 0 Å². The number of ketones is 1. The quantitative estimate of drug-likeness (QED) is 0.657. The average Bonchev–Trinajstić information content (AvgIpc) is 1.84. The summed E-state index contributed by atoms with van der Waals surface area (Å²) in [6.07, 6.45) is -4.82. The Morgan fingerprint density at radius 1 is 1.33 bits per heavy atom. The fraction of sp³-hybridized carbons (Fsp3) is 0.857. The maximum atomic E-state index is 11.6. The maximum absolute atomic E-state index is 11.6. The van der Waals surface area contributed by atoms with Gasteiger partial charge in [-0.25, -0.2) is 0 Å². The molecule has 5 heteroatoms. The summed E-state index contributed by atoms with van der Waals surface area (Å²) in [4.78, 5) is 12.0. The molecule has 0 aliphatic heterocycles. The summed E-state index contributed by atoms with van der Waals surface area (Å²) in [5, 5.41) is 0. The Hall–Kier alpha value is -0.580. The van der Waals surface area contributed by atoms with Crippen molar-refractivity contribution in [2.24, 2.45) is 0 Å². The van der Waals surface area contributed by atoms with Crippen LogP contribution in [0, 0.1) is 0 Å². The van der Waals surface area contributed by atoms with E-state index < -0.39 is 18.4 Å². The van der Waals surface area contributed by atoms with E-state index in [-0.39, 0.29) is 6.42 Å². The van der Waals surface area contributed by atoms with Gasteiger partial charge in [-0.3, -0.25) is 4.79 Å². The van der Waals surface area contributed by atoms with Crippen LogP contribution in [-0.2, 0) is 4.79 Å². The Kier molecular flexibility index (Phi) is 4.23. The van der Waals surface area contributed by atoms with Gasteiger partial charge in [0.25, 0.3) is 0 Å². The molecule has 0 unspecified atom stereocenters. The molecule has 0 aromatic carbocycles. The van der Waals surface area contributed by atoms with Crippen molar-refractivity contribution in [1.29, 1.82) is 0 Å². The molecule has 0 aromatic rings. The minimum Gasteiger partial charge on any atom is -0.309 e. The van der Waals surface area contributed by atoms with Crippen LogP contribution in [-0.4, -0.2) is 37.5 Å². The number of carbonyl (C=O) groups excluding carboxylic acids is 1. The van der Waals surface area contributed by atoms with E-state index in [9.17, 15) is 18.0 Å². The minimum absolute atomic E-state index is 0.255. The largest absolute Gasteiger partial charge is 0.449 e. The average molecular weight is 183 g/mol. The lowest BCUT2D eigenvalue weighted by atomic mass is 10.2. The van der Waals surface area contributed by atoms with Crippen molar-refractivity contribution in [3.63, 3.8) is 0 Å². The first-order valence-corrected chi connectivity index (χ1v) is 3.59. The van der Waals surface area contributed by atoms with Crippen molar-refractivity contribution in [2.45, 2.75) is 19.0 Å². The number of hydrogen-bond donors (Lipinski definition) is 0. The molecule has 0 fully saturated rings. The SMILES string of the molecule is CN(C)CCCC(=O)C(F)(F)F. The molecular weight excluding hydrogens is 171 g/mol. The highest BCUT2D eigenvalue weighted by Gasteiger charge is 2.37. The van der Waals surface area contributed by atoms with E-state index in [1.165, 1.54) is 0 Å². The van der Waals surface area contributed by atoms with E-state index in [4.69, 9.17) is 0 Å². The van der Waals surface area contributed by atoms with Crippen LogP contribution < -0.4 is 0 Å². The Labute approximate surface area is 69.3 Å². The van der Waals surface area contributed by atoms with Gasteiger partial charge in [-0.2, -0.15) is 13.2 Å². The molecule has 0 atom stereocenters. The number of Topliss-reactive ketones (excluding diaryl/α,β-unsaturated/α-hetero) is 1. The number of nitrogens with zero attached hydrogens (tertiary/aromatic N) is 1. The first-order valence-electron chi connectivity index (χ1n) is 3.59. The molecule has 0 aliphatic rings. The van der Waals surface area contributed by atoms with Crippen LogP contribution in [0.4, 0.5) is 13.2 Å². The third kappa shape index (κ3) is 5.12. The van der Waals surface area contributed by atoms with Crippen LogP contribution in [0.25, 0.3) is 0 Å². The topological polar surface area (TPSA) is 20.3 Å². The lowest BCUT2D eigenvalue weighted by Crippen LogP contribution is -2.24. The lowest BCUT2D eigenvalue weighted by Gasteiger charge is -2.09. The number of carbonyl (C=O) groups is 1. The molecule has 0 radical (unpaired) electrons. The molecule has 0 aromatic heterocycles. The third-order valence-electron chi connectivity index (χ3n) is 1.33. The van der Waals surface area contributed by atoms with Crippen molar-refractivity contribution < 1.29 is 18.0 Å². The molecule has 0 rings (SSSR count). The zero-order valence-corrected chi connectivity index (χ0v) is 7.11. The van der Waals surface area contributed by atoms with Crippen LogP contribution in [0.1, 0.15) is 12.8 Å². The van der Waals surface area contributed by atoms with Crippen molar-refractivity contribution in [1.82, 2.24) is 4.90 Å². The van der Waals surface area contributed by atoms with Gasteiger partial charge in [0, 0.05) is 6.42 Å². The van der Waals surface area contributed by atoms with Gasteiger partial charge in [0.2, 0.25) is 5.78 Å². The normalized spacial score (nSPS) is 12.2. The number of alkyl halides is 3. The highest BCUT2D eigenvalue weighted by Crippen LogP contribution is 2.18. The van der Waals surface area contributed by atoms with Crippen LogP contribution in [0.15, 0.2) is 0 Å². The maximum Gasteiger partial charge on any atom is 0.449 e. The molecule has 12 heavy (non-hydrogen) atoms. The van der Waals surface area contributed by atoms with Crippen molar-refractivity contribution >= 4 is 5.78 Å². The Morgan fingerprint density at radius 2 is 1.83 bits per heavy atom. The van der Waals surface area contributed by atoms with E-state index in [1.54, 1.807) is 19.0 Å². The zero-order valence-electron chi connectivity index (χ0n) is 7.11. The smallest absolute Gasteiger partial charge is 0.309 e. The van der Waals surface area contributed by atoms with E-state index >= 15 is 0 Å². The minimum atomic E-state index is -4.66. The highest BCUT2D eigenvalue weighted by atomic mass is 19.4. The van der Waals surface area contributed by atoms with E-state index in [0.717, 1.165) is 0 Å². The fourth-order valence-corrected chi connectivity index (χ4v) is 0.698. The predicted octanol–water partition coefficient (Wildman–Crippen LogP) is 1.46. The Bertz CT molecular complexity index is 153. The fourth-order valence-electron chi connectivity index (χ4n) is 0.698. The Balaban J connectivity index is 3.59. The van der Waals surface area contributed by atoms with Crippen molar-refractivity contribution in [3.05, 3.63) is 0 Å². The van der Waals surface area contributed by atoms with Crippen LogP contribution >= 0.6 is 0 Å². The summed E-state index contributed by atoms with van der Waals surface area (Å²) in [7, 11) is 3.50. The molecule has 0 saturated heterocycles. The van der Waals surface area contributed by atoms with Gasteiger partial charge in [0.05, 0.1) is 0 Å². The molecule has 0 aliphatic carbocycles. The molecule has 0 amide bonds. The van der Waals surface area contributed by atoms with Gasteiger partial charge < -0.3 is 4.90 Å². The van der Waals surface area contributed by atoms with Crippen molar-refractivity contribution in [2.75, 3.05) is 20.6 Å². The third-order valence-corrected chi connectivity index (χ3v) is 1.33. The Morgan fingerprint density at radius 3 is 2.17 bits per heavy atom. The second kappa shape index (κ2) is 4.45. The van der Waals surface area contributed by atoms with Crippen LogP contribution in [0.2, 0.25) is 0 Å². The van der Waals surface area contributed by atoms with Crippen molar-refractivity contribution in [3.8, 4) is 0 Å². The first-order chi connectivity index (χ1) is 5.34. The second-order valence-corrected chi connectivity index (χ2v) is 2.83. The molecule has 72 valence electrons. The summed E-state index contributed by atoms with van der Waals surface area (Å²) >= 11 is 0. The first kappa shape index (κ1) is 11.4. The predicted molar refractivity (Wildman–Crippen MR) is 38.9 cm³/mol. The summed E-state index contributed by atoms with van der Waals surface area (Å²) in [6.45, 7) is 0.502. The van der Waals surface area contributed by atoms with Gasteiger partial charge >= 0.3 is 6.18 Å². The van der Waals surface area contributed by atoms with Crippen LogP contribution in [0.5, 0.6) is 0 Å². The number of halogens is 3. The van der Waals surface area contributed by atoms with Crippen LogP contribution in [0.3, 0.4) is 0 Å². The van der Waals surface area contributed by atoms with Gasteiger partial charge in [-0.05, 0) is 27.1 Å². The standard InChI is InChI=1S/C7H12F3NO/c1-11(2)5-3-4-6(12)7(8,9)10/h3-5H2,1-2H3. The number of rotatable bonds is 4. The van der Waals surface area contributed by atoms with Gasteiger partial charge in [-0.1, -0.05) is 0 Å². The lowest BCUT2D eigenvalue weighted by molar-refractivity contribution is -0.171. The molecule has 0 bridgehead atoms. The second-order valence-electron chi connectivity index (χ2n) is 2.83. The molecule has 0 spiro atoms. The zero-order chi connectivity index (χ0) is 9.78. The summed E-state index contributed by atoms with van der Waals surface area (Å²) in [6, 6.07) is 0.